The second kappa shape index (κ2) is 11.0. The quantitative estimate of drug-likeness (QED) is 0.371. The first-order chi connectivity index (χ1) is 16.8. The van der Waals surface area contributed by atoms with Crippen LogP contribution in [0.4, 0.5) is 0 Å². The largest absolute Gasteiger partial charge is 0.389 e. The lowest BCUT2D eigenvalue weighted by Crippen LogP contribution is -2.56. The van der Waals surface area contributed by atoms with Crippen molar-refractivity contribution in [3.05, 3.63) is 69.7 Å². The van der Waals surface area contributed by atoms with Crippen LogP contribution < -0.4 is 0 Å². The van der Waals surface area contributed by atoms with Crippen molar-refractivity contribution in [2.75, 3.05) is 6.61 Å². The predicted molar refractivity (Wildman–Crippen MR) is 141 cm³/mol. The van der Waals surface area contributed by atoms with Crippen molar-refractivity contribution in [3.63, 3.8) is 0 Å². The van der Waals surface area contributed by atoms with Crippen molar-refractivity contribution < 1.29 is 14.7 Å². The van der Waals surface area contributed by atoms with Gasteiger partial charge in [0.25, 0.3) is 0 Å². The third-order valence-corrected chi connectivity index (χ3v) is 8.22. The zero-order valence-corrected chi connectivity index (χ0v) is 22.1. The Balaban J connectivity index is 1.88. The molecule has 1 amide bonds. The van der Waals surface area contributed by atoms with Crippen molar-refractivity contribution >= 4 is 34.9 Å². The molecule has 35 heavy (non-hydrogen) atoms. The van der Waals surface area contributed by atoms with E-state index < -0.39 is 12.0 Å². The van der Waals surface area contributed by atoms with Gasteiger partial charge < -0.3 is 10.0 Å². The summed E-state index contributed by atoms with van der Waals surface area (Å²) in [6.45, 7) is 3.53. The number of nitrogens with zero attached hydrogens (tertiary/aromatic N) is 1. The summed E-state index contributed by atoms with van der Waals surface area (Å²) in [5.74, 6) is 0.154. The Labute approximate surface area is 218 Å². The van der Waals surface area contributed by atoms with Gasteiger partial charge in [0.2, 0.25) is 5.91 Å². The van der Waals surface area contributed by atoms with Crippen LogP contribution in [0.25, 0.3) is 0 Å². The Hall–Kier alpha value is -1.88. The van der Waals surface area contributed by atoms with Crippen molar-refractivity contribution in [1.29, 1.82) is 0 Å². The van der Waals surface area contributed by atoms with Gasteiger partial charge in [0.1, 0.15) is 6.61 Å². The molecule has 1 saturated carbocycles. The van der Waals surface area contributed by atoms with Crippen molar-refractivity contribution in [3.8, 4) is 0 Å². The number of piperidine rings is 1. The van der Waals surface area contributed by atoms with E-state index in [0.717, 1.165) is 43.2 Å². The van der Waals surface area contributed by atoms with E-state index in [1.54, 1.807) is 0 Å². The second-order valence-electron chi connectivity index (χ2n) is 10.6. The Morgan fingerprint density at radius 2 is 1.83 bits per heavy atom. The highest BCUT2D eigenvalue weighted by molar-refractivity contribution is 6.30. The number of likely N-dealkylation sites (tertiary alicyclic amines) is 1. The van der Waals surface area contributed by atoms with Gasteiger partial charge >= 0.3 is 0 Å². The first kappa shape index (κ1) is 26.2. The predicted octanol–water partition coefficient (Wildman–Crippen LogP) is 6.98. The minimum atomic E-state index is -0.894. The van der Waals surface area contributed by atoms with Gasteiger partial charge in [0, 0.05) is 28.4 Å². The number of ketones is 1. The fourth-order valence-corrected chi connectivity index (χ4v) is 6.22. The highest BCUT2D eigenvalue weighted by Gasteiger charge is 2.54. The average molecular weight is 517 g/mol. The number of amides is 1. The fraction of sp³-hybridized carbons (Fsp3) is 0.517. The topological polar surface area (TPSA) is 57.6 Å². The molecule has 1 aliphatic heterocycles. The maximum absolute atomic E-state index is 14.4. The molecule has 188 valence electrons. The molecule has 0 spiro atoms. The third kappa shape index (κ3) is 5.76. The van der Waals surface area contributed by atoms with E-state index in [4.69, 9.17) is 23.2 Å². The molecule has 1 aliphatic carbocycles. The van der Waals surface area contributed by atoms with Crippen molar-refractivity contribution in [1.82, 2.24) is 4.90 Å². The Morgan fingerprint density at radius 1 is 1.11 bits per heavy atom. The van der Waals surface area contributed by atoms with Crippen LogP contribution in [0.5, 0.6) is 0 Å². The lowest BCUT2D eigenvalue weighted by molar-refractivity contribution is -0.158. The monoisotopic (exact) mass is 515 g/mol. The molecule has 1 N–H and O–H groups in total. The number of hydrogen-bond acceptors (Lipinski definition) is 3. The van der Waals surface area contributed by atoms with Crippen molar-refractivity contribution in [2.45, 2.75) is 76.8 Å². The van der Waals surface area contributed by atoms with Gasteiger partial charge in [0.05, 0.1) is 11.5 Å². The maximum Gasteiger partial charge on any atom is 0.229 e. The number of benzene rings is 2. The van der Waals surface area contributed by atoms with Gasteiger partial charge in [-0.3, -0.25) is 9.59 Å². The van der Waals surface area contributed by atoms with Gasteiger partial charge in [0.15, 0.2) is 5.78 Å². The molecule has 2 aromatic carbocycles. The first-order valence-electron chi connectivity index (χ1n) is 12.7. The molecule has 4 rings (SSSR count). The lowest BCUT2D eigenvalue weighted by atomic mass is 9.66. The van der Waals surface area contributed by atoms with Crippen LogP contribution in [-0.2, 0) is 9.59 Å². The number of Topliss-reactive ketones (excluding diaryl/α,β-unsaturated/α-hetero) is 1. The second-order valence-corrected chi connectivity index (χ2v) is 11.4. The molecule has 1 heterocycles. The minimum Gasteiger partial charge on any atom is -0.389 e. The van der Waals surface area contributed by atoms with Gasteiger partial charge in [-0.2, -0.15) is 0 Å². The molecule has 0 radical (unpaired) electrons. The Morgan fingerprint density at radius 3 is 2.43 bits per heavy atom. The summed E-state index contributed by atoms with van der Waals surface area (Å²) < 4.78 is 0. The zero-order chi connectivity index (χ0) is 25.2. The summed E-state index contributed by atoms with van der Waals surface area (Å²) in [6.07, 6.45) is 5.85. The molecule has 2 aliphatic rings. The molecule has 4 nitrogen and oxygen atoms in total. The van der Waals surface area contributed by atoms with Crippen LogP contribution in [0, 0.1) is 11.3 Å². The van der Waals surface area contributed by atoms with Crippen LogP contribution in [0.3, 0.4) is 0 Å². The van der Waals surface area contributed by atoms with E-state index in [9.17, 15) is 14.7 Å². The van der Waals surface area contributed by atoms with Gasteiger partial charge in [-0.05, 0) is 67.0 Å². The van der Waals surface area contributed by atoms with Crippen LogP contribution >= 0.6 is 23.2 Å². The summed E-state index contributed by atoms with van der Waals surface area (Å²) >= 11 is 12.7. The van der Waals surface area contributed by atoms with Gasteiger partial charge in [-0.25, -0.2) is 0 Å². The Bertz CT molecular complexity index is 1050. The van der Waals surface area contributed by atoms with Gasteiger partial charge in [-0.15, -0.1) is 0 Å². The molecule has 0 unspecified atom stereocenters. The Kier molecular flexibility index (Phi) is 8.25. The van der Waals surface area contributed by atoms with Crippen LogP contribution in [0.2, 0.25) is 10.0 Å². The summed E-state index contributed by atoms with van der Waals surface area (Å²) in [7, 11) is 0. The SMILES string of the molecule is CCCC[C@H](C1CC1)N1C(=O)[C@@](C)(CC(=O)CO)C[C@H](c2cccc(Cl)c2)[C@H]1c1ccc(Cl)cc1. The number of hydrogen-bond donors (Lipinski definition) is 1. The summed E-state index contributed by atoms with van der Waals surface area (Å²) in [4.78, 5) is 28.9. The van der Waals surface area contributed by atoms with E-state index in [-0.39, 0.29) is 36.1 Å². The number of carbonyl (C=O) groups is 2. The minimum absolute atomic E-state index is 0.0190. The third-order valence-electron chi connectivity index (χ3n) is 7.73. The number of halogens is 2. The van der Waals surface area contributed by atoms with Crippen molar-refractivity contribution in [2.24, 2.45) is 11.3 Å². The number of unbranched alkanes of at least 4 members (excludes halogenated alkanes) is 1. The van der Waals surface area contributed by atoms with Crippen LogP contribution in [0.15, 0.2) is 48.5 Å². The first-order valence-corrected chi connectivity index (χ1v) is 13.5. The van der Waals surface area contributed by atoms with Crippen LogP contribution in [-0.4, -0.2) is 34.3 Å². The molecular weight excluding hydrogens is 481 g/mol. The highest BCUT2D eigenvalue weighted by atomic mass is 35.5. The number of carbonyl (C=O) groups excluding carboxylic acids is 2. The summed E-state index contributed by atoms with van der Waals surface area (Å²) in [6, 6.07) is 15.6. The maximum atomic E-state index is 14.4. The van der Waals surface area contributed by atoms with E-state index in [1.165, 1.54) is 0 Å². The molecule has 0 bridgehead atoms. The number of aliphatic hydroxyl groups excluding tert-OH is 1. The molecular formula is C29H35Cl2NO3. The fourth-order valence-electron chi connectivity index (χ4n) is 5.90. The lowest BCUT2D eigenvalue weighted by Gasteiger charge is -2.52. The average Bonchev–Trinajstić information content (AvgIpc) is 3.68. The van der Waals surface area contributed by atoms with E-state index in [1.807, 2.05) is 49.4 Å². The zero-order valence-electron chi connectivity index (χ0n) is 20.6. The van der Waals surface area contributed by atoms with E-state index >= 15 is 0 Å². The molecule has 2 aromatic rings. The summed E-state index contributed by atoms with van der Waals surface area (Å²) in [5, 5.41) is 10.8. The highest BCUT2D eigenvalue weighted by Crippen LogP contribution is 2.54. The van der Waals surface area contributed by atoms with Gasteiger partial charge in [-0.1, -0.05) is 74.2 Å². The molecule has 1 saturated heterocycles. The summed E-state index contributed by atoms with van der Waals surface area (Å²) in [5.41, 5.74) is 1.21. The number of rotatable bonds is 10. The molecule has 2 fully saturated rings. The molecule has 6 heteroatoms. The molecule has 4 atom stereocenters. The van der Waals surface area contributed by atoms with Crippen LogP contribution in [0.1, 0.15) is 81.9 Å². The van der Waals surface area contributed by atoms with E-state index in [2.05, 4.69) is 17.9 Å². The normalized spacial score (nSPS) is 25.5. The molecule has 0 aromatic heterocycles. The standard InChI is InChI=1S/C29H35Cl2NO3/c1-3-4-8-26(19-9-10-19)32-27(20-11-13-22(30)14-12-20)25(21-6-5-7-23(31)15-21)17-29(2,28(32)35)16-24(34)18-33/h5-7,11-15,19,25-27,33H,3-4,8-10,16-18H2,1-2H3/t25-,26-,27-,29+/m1/s1. The smallest absolute Gasteiger partial charge is 0.229 e. The van der Waals surface area contributed by atoms with E-state index in [0.29, 0.717) is 22.4 Å². The number of aliphatic hydroxyl groups is 1.